The molecular formula is C23H15F6N5O2. The van der Waals surface area contributed by atoms with Crippen LogP contribution in [0.5, 0.6) is 11.6 Å². The van der Waals surface area contributed by atoms with Gasteiger partial charge in [-0.25, -0.2) is 14.8 Å². The minimum atomic E-state index is -5.03. The van der Waals surface area contributed by atoms with Crippen molar-refractivity contribution >= 4 is 17.4 Å². The smallest absolute Gasteiger partial charge is 0.416 e. The van der Waals surface area contributed by atoms with Gasteiger partial charge in [0.25, 0.3) is 0 Å². The van der Waals surface area contributed by atoms with Crippen LogP contribution in [0, 0.1) is 0 Å². The quantitative estimate of drug-likeness (QED) is 0.293. The monoisotopic (exact) mass is 507 g/mol. The van der Waals surface area contributed by atoms with Gasteiger partial charge in [-0.1, -0.05) is 0 Å². The lowest BCUT2D eigenvalue weighted by Crippen LogP contribution is -2.20. The first-order valence-electron chi connectivity index (χ1n) is 10.1. The molecule has 0 aliphatic rings. The molecule has 0 saturated carbocycles. The molecule has 2 amide bonds. The number of halogens is 6. The predicted molar refractivity (Wildman–Crippen MR) is 117 cm³/mol. The topological polar surface area (TPSA) is 81.1 Å². The number of nitrogens with one attached hydrogen (secondary N) is 2. The van der Waals surface area contributed by atoms with Crippen LogP contribution >= 0.6 is 0 Å². The molecule has 13 heteroatoms. The summed E-state index contributed by atoms with van der Waals surface area (Å²) in [6.07, 6.45) is -5.16. The van der Waals surface area contributed by atoms with Gasteiger partial charge >= 0.3 is 18.4 Å². The normalized spacial score (nSPS) is 11.7. The number of amides is 2. The molecule has 7 nitrogen and oxygen atoms in total. The second-order valence-electron chi connectivity index (χ2n) is 7.30. The standard InChI is InChI=1S/C23H15F6N5O2/c24-22(25,26)14-9-15(23(27,28)29)11-17(10-14)33-21(35)32-16-3-5-18(6-4-16)36-20-12-19(30-13-31-20)34-7-1-2-8-34/h1-13H,(H2,32,33,35). The van der Waals surface area contributed by atoms with Gasteiger partial charge in [0.15, 0.2) is 0 Å². The average molecular weight is 507 g/mol. The van der Waals surface area contributed by atoms with Crippen molar-refractivity contribution in [3.63, 3.8) is 0 Å². The third-order valence-electron chi connectivity index (χ3n) is 4.68. The van der Waals surface area contributed by atoms with E-state index in [1.54, 1.807) is 23.0 Å². The van der Waals surface area contributed by atoms with Crippen molar-refractivity contribution in [2.24, 2.45) is 0 Å². The number of benzene rings is 2. The Balaban J connectivity index is 1.42. The van der Waals surface area contributed by atoms with Gasteiger partial charge in [-0.2, -0.15) is 26.3 Å². The molecule has 0 aliphatic heterocycles. The largest absolute Gasteiger partial charge is 0.439 e. The number of nitrogens with zero attached hydrogens (tertiary/aromatic N) is 3. The highest BCUT2D eigenvalue weighted by molar-refractivity contribution is 5.99. The van der Waals surface area contributed by atoms with Crippen molar-refractivity contribution in [1.29, 1.82) is 0 Å². The van der Waals surface area contributed by atoms with Gasteiger partial charge in [0.2, 0.25) is 5.88 Å². The highest BCUT2D eigenvalue weighted by atomic mass is 19.4. The third-order valence-corrected chi connectivity index (χ3v) is 4.68. The molecule has 2 aromatic heterocycles. The van der Waals surface area contributed by atoms with E-state index in [-0.39, 0.29) is 17.6 Å². The lowest BCUT2D eigenvalue weighted by molar-refractivity contribution is -0.143. The summed E-state index contributed by atoms with van der Waals surface area (Å²) >= 11 is 0. The van der Waals surface area contributed by atoms with Crippen LogP contribution < -0.4 is 15.4 Å². The molecule has 4 rings (SSSR count). The minimum absolute atomic E-state index is 0.0268. The van der Waals surface area contributed by atoms with E-state index in [0.29, 0.717) is 23.7 Å². The molecule has 2 heterocycles. The molecule has 4 aromatic rings. The summed E-state index contributed by atoms with van der Waals surface area (Å²) in [6, 6.07) is 10.8. The Morgan fingerprint density at radius 2 is 1.36 bits per heavy atom. The van der Waals surface area contributed by atoms with Crippen LogP contribution in [-0.4, -0.2) is 20.6 Å². The zero-order chi connectivity index (χ0) is 25.9. The maximum atomic E-state index is 13.0. The Morgan fingerprint density at radius 3 is 1.94 bits per heavy atom. The second kappa shape index (κ2) is 9.60. The Labute approximate surface area is 199 Å². The second-order valence-corrected chi connectivity index (χ2v) is 7.30. The van der Waals surface area contributed by atoms with E-state index >= 15 is 0 Å². The summed E-state index contributed by atoms with van der Waals surface area (Å²) in [6.45, 7) is 0. The summed E-state index contributed by atoms with van der Waals surface area (Å²) < 4.78 is 85.4. The first kappa shape index (κ1) is 24.6. The van der Waals surface area contributed by atoms with Crippen molar-refractivity contribution in [2.45, 2.75) is 12.4 Å². The number of ether oxygens (including phenoxy) is 1. The van der Waals surface area contributed by atoms with Crippen LogP contribution in [0.25, 0.3) is 5.82 Å². The Kier molecular flexibility index (Phi) is 6.55. The fraction of sp³-hybridized carbons (Fsp3) is 0.0870. The lowest BCUT2D eigenvalue weighted by Gasteiger charge is -2.15. The van der Waals surface area contributed by atoms with E-state index < -0.39 is 35.2 Å². The molecule has 0 spiro atoms. The first-order valence-corrected chi connectivity index (χ1v) is 10.1. The Bertz CT molecular complexity index is 1320. The van der Waals surface area contributed by atoms with Crippen molar-refractivity contribution in [1.82, 2.24) is 14.5 Å². The maximum Gasteiger partial charge on any atom is 0.416 e. The number of aromatic nitrogens is 3. The summed E-state index contributed by atoms with van der Waals surface area (Å²) in [4.78, 5) is 20.4. The fourth-order valence-electron chi connectivity index (χ4n) is 3.06. The van der Waals surface area contributed by atoms with E-state index in [1.807, 2.05) is 17.4 Å². The molecule has 2 N–H and O–H groups in total. The SMILES string of the molecule is O=C(Nc1ccc(Oc2cc(-n3cccc3)ncn2)cc1)Nc1cc(C(F)(F)F)cc(C(F)(F)F)c1. The molecule has 36 heavy (non-hydrogen) atoms. The number of urea groups is 1. The van der Waals surface area contributed by atoms with Crippen LogP contribution in [0.4, 0.5) is 42.5 Å². The number of anilines is 2. The Morgan fingerprint density at radius 1 is 0.778 bits per heavy atom. The molecule has 0 radical (unpaired) electrons. The average Bonchev–Trinajstić information content (AvgIpc) is 3.34. The van der Waals surface area contributed by atoms with Gasteiger partial charge in [-0.05, 0) is 54.6 Å². The molecular weight excluding hydrogens is 492 g/mol. The number of alkyl halides is 6. The fourth-order valence-corrected chi connectivity index (χ4v) is 3.06. The highest BCUT2D eigenvalue weighted by Gasteiger charge is 2.37. The summed E-state index contributed by atoms with van der Waals surface area (Å²) in [5.74, 6) is 1.17. The van der Waals surface area contributed by atoms with Gasteiger partial charge < -0.3 is 19.9 Å². The van der Waals surface area contributed by atoms with Crippen LogP contribution in [0.15, 0.2) is 79.4 Å². The molecule has 0 aliphatic carbocycles. The van der Waals surface area contributed by atoms with Crippen molar-refractivity contribution in [3.05, 3.63) is 90.5 Å². The van der Waals surface area contributed by atoms with Crippen LogP contribution in [-0.2, 0) is 12.4 Å². The number of carbonyl (C=O) groups is 1. The molecule has 0 saturated heterocycles. The predicted octanol–water partition coefficient (Wildman–Crippen LogP) is 6.74. The molecule has 0 bridgehead atoms. The number of hydrogen-bond acceptors (Lipinski definition) is 4. The van der Waals surface area contributed by atoms with Crippen LogP contribution in [0.1, 0.15) is 11.1 Å². The number of hydrogen-bond donors (Lipinski definition) is 2. The van der Waals surface area contributed by atoms with E-state index in [2.05, 4.69) is 15.3 Å². The summed E-state index contributed by atoms with van der Waals surface area (Å²) in [5, 5.41) is 4.32. The van der Waals surface area contributed by atoms with E-state index in [1.165, 1.54) is 30.6 Å². The minimum Gasteiger partial charge on any atom is -0.439 e. The molecule has 186 valence electrons. The molecule has 0 fully saturated rings. The van der Waals surface area contributed by atoms with E-state index in [0.717, 1.165) is 0 Å². The maximum absolute atomic E-state index is 13.0. The number of rotatable bonds is 5. The molecule has 2 aromatic carbocycles. The zero-order valence-corrected chi connectivity index (χ0v) is 17.9. The van der Waals surface area contributed by atoms with Gasteiger partial charge in [-0.15, -0.1) is 0 Å². The highest BCUT2D eigenvalue weighted by Crippen LogP contribution is 2.37. The van der Waals surface area contributed by atoms with E-state index in [4.69, 9.17) is 4.74 Å². The molecule has 0 atom stereocenters. The van der Waals surface area contributed by atoms with Gasteiger partial charge in [0, 0.05) is 29.8 Å². The van der Waals surface area contributed by atoms with Crippen LogP contribution in [0.3, 0.4) is 0 Å². The first-order chi connectivity index (χ1) is 17.0. The Hall–Kier alpha value is -4.55. The number of carbonyl (C=O) groups excluding carboxylic acids is 1. The van der Waals surface area contributed by atoms with Crippen molar-refractivity contribution < 1.29 is 35.9 Å². The van der Waals surface area contributed by atoms with Gasteiger partial charge in [0.1, 0.15) is 17.9 Å². The summed E-state index contributed by atoms with van der Waals surface area (Å²) in [5.41, 5.74) is -3.55. The van der Waals surface area contributed by atoms with Crippen molar-refractivity contribution in [2.75, 3.05) is 10.6 Å². The van der Waals surface area contributed by atoms with E-state index in [9.17, 15) is 31.1 Å². The van der Waals surface area contributed by atoms with Gasteiger partial charge in [0.05, 0.1) is 11.1 Å². The summed E-state index contributed by atoms with van der Waals surface area (Å²) in [7, 11) is 0. The van der Waals surface area contributed by atoms with Crippen LogP contribution in [0.2, 0.25) is 0 Å². The van der Waals surface area contributed by atoms with Crippen molar-refractivity contribution in [3.8, 4) is 17.4 Å². The van der Waals surface area contributed by atoms with Gasteiger partial charge in [-0.3, -0.25) is 0 Å². The zero-order valence-electron chi connectivity index (χ0n) is 17.9. The third kappa shape index (κ3) is 6.11. The molecule has 0 unspecified atom stereocenters. The lowest BCUT2D eigenvalue weighted by atomic mass is 10.1.